The average Bonchev–Trinajstić information content (AvgIpc) is 3.00. The number of esters is 1. The molecular formula is C25H36O6. The van der Waals surface area contributed by atoms with E-state index in [4.69, 9.17) is 4.74 Å². The molecule has 3 saturated carbocycles. The lowest BCUT2D eigenvalue weighted by molar-refractivity contribution is -0.202. The minimum absolute atomic E-state index is 0.0325. The van der Waals surface area contributed by atoms with E-state index in [0.717, 1.165) is 31.3 Å². The van der Waals surface area contributed by atoms with Crippen LogP contribution in [0.5, 0.6) is 0 Å². The van der Waals surface area contributed by atoms with E-state index in [2.05, 4.69) is 6.92 Å². The topological polar surface area (TPSA) is 101 Å². The lowest BCUT2D eigenvalue weighted by Gasteiger charge is -2.60. The third-order valence-electron chi connectivity index (χ3n) is 9.35. The van der Waals surface area contributed by atoms with Gasteiger partial charge in [0.15, 0.2) is 11.4 Å². The summed E-state index contributed by atoms with van der Waals surface area (Å²) >= 11 is 0. The predicted octanol–water partition coefficient (Wildman–Crippen LogP) is 3.13. The molecule has 6 heteroatoms. The molecular weight excluding hydrogens is 396 g/mol. The van der Waals surface area contributed by atoms with Crippen molar-refractivity contribution in [1.82, 2.24) is 0 Å². The highest BCUT2D eigenvalue weighted by Gasteiger charge is 2.70. The lowest BCUT2D eigenvalue weighted by Crippen LogP contribution is -2.63. The van der Waals surface area contributed by atoms with Crippen molar-refractivity contribution in [3.8, 4) is 0 Å². The molecule has 4 aliphatic rings. The van der Waals surface area contributed by atoms with Crippen molar-refractivity contribution < 1.29 is 29.3 Å². The summed E-state index contributed by atoms with van der Waals surface area (Å²) in [6.45, 7) is 5.39. The first-order valence-corrected chi connectivity index (χ1v) is 11.9. The molecule has 6 nitrogen and oxygen atoms in total. The summed E-state index contributed by atoms with van der Waals surface area (Å²) in [6.07, 6.45) is 6.48. The fourth-order valence-corrected chi connectivity index (χ4v) is 7.94. The Labute approximate surface area is 184 Å². The monoisotopic (exact) mass is 432 g/mol. The molecule has 31 heavy (non-hydrogen) atoms. The maximum absolute atomic E-state index is 13.1. The molecule has 172 valence electrons. The number of carbonyl (C=O) groups is 3. The second-order valence-corrected chi connectivity index (χ2v) is 10.7. The van der Waals surface area contributed by atoms with Crippen LogP contribution in [0.4, 0.5) is 0 Å². The van der Waals surface area contributed by atoms with Gasteiger partial charge >= 0.3 is 5.97 Å². The zero-order valence-electron chi connectivity index (χ0n) is 19.0. The highest BCUT2D eigenvalue weighted by Crippen LogP contribution is 2.68. The van der Waals surface area contributed by atoms with Gasteiger partial charge in [-0.05, 0) is 74.2 Å². The Hall–Kier alpha value is -1.53. The van der Waals surface area contributed by atoms with Crippen LogP contribution in [-0.2, 0) is 19.1 Å². The molecule has 0 aromatic rings. The summed E-state index contributed by atoms with van der Waals surface area (Å²) in [5, 5.41) is 21.3. The normalized spacial score (nSPS) is 44.0. The first-order valence-electron chi connectivity index (χ1n) is 11.9. The lowest BCUT2D eigenvalue weighted by atomic mass is 9.45. The van der Waals surface area contributed by atoms with Crippen LogP contribution in [0.1, 0.15) is 78.6 Å². The van der Waals surface area contributed by atoms with Crippen molar-refractivity contribution in [3.63, 3.8) is 0 Å². The van der Waals surface area contributed by atoms with E-state index in [1.165, 1.54) is 0 Å². The Morgan fingerprint density at radius 1 is 1.19 bits per heavy atom. The molecule has 0 aliphatic heterocycles. The van der Waals surface area contributed by atoms with Crippen molar-refractivity contribution in [1.29, 1.82) is 0 Å². The number of hydrogen-bond donors (Lipinski definition) is 2. The average molecular weight is 433 g/mol. The van der Waals surface area contributed by atoms with Crippen molar-refractivity contribution in [2.45, 2.75) is 90.3 Å². The van der Waals surface area contributed by atoms with Crippen LogP contribution in [0, 0.1) is 28.6 Å². The highest BCUT2D eigenvalue weighted by atomic mass is 16.6. The molecule has 0 aromatic heterocycles. The highest BCUT2D eigenvalue weighted by molar-refractivity contribution is 5.92. The van der Waals surface area contributed by atoms with E-state index in [1.54, 1.807) is 6.08 Å². The minimum atomic E-state index is -1.37. The number of carbonyl (C=O) groups excluding carboxylic acids is 3. The van der Waals surface area contributed by atoms with Gasteiger partial charge in [0, 0.05) is 18.3 Å². The molecule has 0 unspecified atom stereocenters. The predicted molar refractivity (Wildman–Crippen MR) is 114 cm³/mol. The Balaban J connectivity index is 1.73. The molecule has 4 rings (SSSR count). The van der Waals surface area contributed by atoms with E-state index in [1.807, 2.05) is 13.8 Å². The third-order valence-corrected chi connectivity index (χ3v) is 9.35. The van der Waals surface area contributed by atoms with Crippen LogP contribution in [0.3, 0.4) is 0 Å². The summed E-state index contributed by atoms with van der Waals surface area (Å²) in [7, 11) is 0. The zero-order valence-corrected chi connectivity index (χ0v) is 19.0. The number of Topliss-reactive ketones (excluding diaryl/α,β-unsaturated/α-hetero) is 1. The largest absolute Gasteiger partial charge is 0.450 e. The summed E-state index contributed by atoms with van der Waals surface area (Å²) in [5.41, 5.74) is -1.12. The molecule has 4 aliphatic carbocycles. The fourth-order valence-electron chi connectivity index (χ4n) is 7.94. The van der Waals surface area contributed by atoms with Crippen LogP contribution in [0.2, 0.25) is 0 Å². The van der Waals surface area contributed by atoms with Crippen molar-refractivity contribution in [3.05, 3.63) is 11.6 Å². The summed E-state index contributed by atoms with van der Waals surface area (Å²) in [5.74, 6) is -0.320. The summed E-state index contributed by atoms with van der Waals surface area (Å²) in [6, 6.07) is 0. The SMILES string of the molecule is CCCC(=O)O[C@@]1(C(=O)CO)CC[C@@H]2[C@H]3CCC4=CC(=O)CC[C@]4(C)[C@@H]3[C@H](O)C[C@@]21C. The quantitative estimate of drug-likeness (QED) is 0.648. The molecule has 0 aromatic carbocycles. The van der Waals surface area contributed by atoms with Crippen LogP contribution >= 0.6 is 0 Å². The van der Waals surface area contributed by atoms with Gasteiger partial charge in [0.1, 0.15) is 6.61 Å². The molecule has 7 atom stereocenters. The number of fused-ring (bicyclic) bond motifs is 5. The summed E-state index contributed by atoms with van der Waals surface area (Å²) < 4.78 is 5.92. The Morgan fingerprint density at radius 3 is 2.61 bits per heavy atom. The molecule has 0 radical (unpaired) electrons. The van der Waals surface area contributed by atoms with E-state index >= 15 is 0 Å². The third kappa shape index (κ3) is 3.16. The fraction of sp³-hybridized carbons (Fsp3) is 0.800. The molecule has 0 saturated heterocycles. The molecule has 0 heterocycles. The number of aliphatic hydroxyl groups is 2. The Kier molecular flexibility index (Phi) is 5.70. The molecule has 0 spiro atoms. The van der Waals surface area contributed by atoms with Crippen LogP contribution in [0.15, 0.2) is 11.6 Å². The second kappa shape index (κ2) is 7.80. The van der Waals surface area contributed by atoms with Crippen LogP contribution in [0.25, 0.3) is 0 Å². The van der Waals surface area contributed by atoms with E-state index < -0.39 is 35.5 Å². The first-order chi connectivity index (χ1) is 14.6. The second-order valence-electron chi connectivity index (χ2n) is 10.7. The minimum Gasteiger partial charge on any atom is -0.450 e. The van der Waals surface area contributed by atoms with E-state index in [-0.39, 0.29) is 35.4 Å². The van der Waals surface area contributed by atoms with Crippen molar-refractivity contribution in [2.24, 2.45) is 28.6 Å². The zero-order chi connectivity index (χ0) is 22.6. The van der Waals surface area contributed by atoms with Gasteiger partial charge in [0.05, 0.1) is 6.10 Å². The maximum atomic E-state index is 13.1. The number of ketones is 2. The van der Waals surface area contributed by atoms with Crippen molar-refractivity contribution >= 4 is 17.5 Å². The number of ether oxygens (including phenoxy) is 1. The van der Waals surface area contributed by atoms with Gasteiger partial charge in [-0.3, -0.25) is 14.4 Å². The number of aliphatic hydroxyl groups excluding tert-OH is 2. The molecule has 2 N–H and O–H groups in total. The smallest absolute Gasteiger partial charge is 0.306 e. The van der Waals surface area contributed by atoms with Crippen molar-refractivity contribution in [2.75, 3.05) is 6.61 Å². The van der Waals surface area contributed by atoms with Gasteiger partial charge in [-0.25, -0.2) is 0 Å². The number of hydrogen-bond acceptors (Lipinski definition) is 6. The Bertz CT molecular complexity index is 817. The van der Waals surface area contributed by atoms with Gasteiger partial charge in [0.25, 0.3) is 0 Å². The van der Waals surface area contributed by atoms with E-state index in [9.17, 15) is 24.6 Å². The van der Waals surface area contributed by atoms with Gasteiger partial charge in [0.2, 0.25) is 5.78 Å². The standard InChI is InChI=1S/C25H36O6/c1-4-5-21(30)31-25(20(29)14-26)11-9-18-17-7-6-15-12-16(27)8-10-23(15,2)22(17)19(28)13-24(18,25)3/h12,17-19,22,26,28H,4-11,13-14H2,1-3H3/t17-,18-,19-,22+,23+,24+,25-/m1/s1. The maximum Gasteiger partial charge on any atom is 0.306 e. The van der Waals surface area contributed by atoms with E-state index in [0.29, 0.717) is 25.7 Å². The molecule has 0 bridgehead atoms. The molecule has 0 amide bonds. The first kappa shape index (κ1) is 22.7. The van der Waals surface area contributed by atoms with Gasteiger partial charge in [-0.1, -0.05) is 26.3 Å². The van der Waals surface area contributed by atoms with Crippen LogP contribution < -0.4 is 0 Å². The molecule has 3 fully saturated rings. The van der Waals surface area contributed by atoms with Crippen LogP contribution in [-0.4, -0.2) is 46.1 Å². The summed E-state index contributed by atoms with van der Waals surface area (Å²) in [4.78, 5) is 37.6. The Morgan fingerprint density at radius 2 is 1.94 bits per heavy atom. The number of rotatable bonds is 5. The number of allylic oxidation sites excluding steroid dienone is 1. The van der Waals surface area contributed by atoms with Gasteiger partial charge in [-0.2, -0.15) is 0 Å². The van der Waals surface area contributed by atoms with Gasteiger partial charge in [-0.15, -0.1) is 0 Å². The van der Waals surface area contributed by atoms with Gasteiger partial charge < -0.3 is 14.9 Å².